The molecular weight excluding hydrogens is 206 g/mol. The molecule has 1 N–H and O–H groups in total. The van der Waals surface area contributed by atoms with Gasteiger partial charge in [-0.25, -0.2) is 4.68 Å². The monoisotopic (exact) mass is 217 g/mol. The fourth-order valence-corrected chi connectivity index (χ4v) is 1.41. The molecule has 82 valence electrons. The van der Waals surface area contributed by atoms with Crippen molar-refractivity contribution in [2.24, 2.45) is 0 Å². The Bertz CT molecular complexity index is 467. The average Bonchev–Trinajstić information content (AvgIpc) is 2.78. The molecule has 2 rings (SSSR count). The zero-order valence-corrected chi connectivity index (χ0v) is 8.52. The van der Waals surface area contributed by atoms with Crippen molar-refractivity contribution < 1.29 is 9.90 Å². The molecular formula is C11H11N3O2. The minimum atomic E-state index is -0.651. The van der Waals surface area contributed by atoms with Crippen LogP contribution in [0.2, 0.25) is 0 Å². The molecule has 5 heteroatoms. The smallest absolute Gasteiger partial charge is 0.171 e. The van der Waals surface area contributed by atoms with Gasteiger partial charge in [0.1, 0.15) is 5.69 Å². The van der Waals surface area contributed by atoms with Gasteiger partial charge in [0.15, 0.2) is 6.29 Å². The quantitative estimate of drug-likeness (QED) is 0.770. The Labute approximate surface area is 92.3 Å². The molecule has 0 radical (unpaired) electrons. The van der Waals surface area contributed by atoms with Gasteiger partial charge < -0.3 is 5.11 Å². The molecule has 1 unspecified atom stereocenters. The lowest BCUT2D eigenvalue weighted by Gasteiger charge is -2.09. The van der Waals surface area contributed by atoms with E-state index < -0.39 is 6.10 Å². The summed E-state index contributed by atoms with van der Waals surface area (Å²) in [6.45, 7) is 0.283. The lowest BCUT2D eigenvalue weighted by molar-refractivity contribution is 0.111. The highest BCUT2D eigenvalue weighted by molar-refractivity contribution is 5.70. The van der Waals surface area contributed by atoms with E-state index in [1.54, 1.807) is 0 Å². The average molecular weight is 217 g/mol. The first-order chi connectivity index (χ1) is 7.79. The number of aromatic nitrogens is 3. The summed E-state index contributed by atoms with van der Waals surface area (Å²) < 4.78 is 1.45. The third-order valence-corrected chi connectivity index (χ3v) is 2.22. The first kappa shape index (κ1) is 10.5. The van der Waals surface area contributed by atoms with Gasteiger partial charge in [-0.2, -0.15) is 0 Å². The number of aliphatic hydroxyl groups is 1. The van der Waals surface area contributed by atoms with Gasteiger partial charge in [-0.3, -0.25) is 4.79 Å². The minimum Gasteiger partial charge on any atom is -0.386 e. The summed E-state index contributed by atoms with van der Waals surface area (Å²) in [7, 11) is 0. The standard InChI is InChI=1S/C11H11N3O2/c15-8-10-6-14(13-12-10)7-11(16)9-4-2-1-3-5-9/h1-6,8,11,16H,7H2. The van der Waals surface area contributed by atoms with Gasteiger partial charge in [-0.1, -0.05) is 35.5 Å². The number of nitrogens with zero attached hydrogens (tertiary/aromatic N) is 3. The van der Waals surface area contributed by atoms with Crippen molar-refractivity contribution in [1.29, 1.82) is 0 Å². The molecule has 0 bridgehead atoms. The summed E-state index contributed by atoms with van der Waals surface area (Å²) in [5.41, 5.74) is 1.07. The summed E-state index contributed by atoms with van der Waals surface area (Å²) in [6, 6.07) is 9.27. The van der Waals surface area contributed by atoms with Gasteiger partial charge in [0.05, 0.1) is 18.8 Å². The lowest BCUT2D eigenvalue weighted by atomic mass is 10.1. The summed E-state index contributed by atoms with van der Waals surface area (Å²) in [5, 5.41) is 17.2. The van der Waals surface area contributed by atoms with Gasteiger partial charge in [-0.15, -0.1) is 5.10 Å². The van der Waals surface area contributed by atoms with Crippen molar-refractivity contribution >= 4 is 6.29 Å². The van der Waals surface area contributed by atoms with E-state index in [4.69, 9.17) is 0 Å². The van der Waals surface area contributed by atoms with Crippen molar-refractivity contribution in [3.8, 4) is 0 Å². The highest BCUT2D eigenvalue weighted by Gasteiger charge is 2.09. The topological polar surface area (TPSA) is 68.0 Å². The summed E-state index contributed by atoms with van der Waals surface area (Å²) in [5.74, 6) is 0. The number of rotatable bonds is 4. The van der Waals surface area contributed by atoms with Gasteiger partial charge in [-0.05, 0) is 5.56 Å². The van der Waals surface area contributed by atoms with E-state index in [1.165, 1.54) is 10.9 Å². The van der Waals surface area contributed by atoms with Crippen LogP contribution in [0.4, 0.5) is 0 Å². The molecule has 1 aromatic heterocycles. The van der Waals surface area contributed by atoms with Crippen LogP contribution in [-0.2, 0) is 6.54 Å². The van der Waals surface area contributed by atoms with Crippen molar-refractivity contribution in [3.63, 3.8) is 0 Å². The molecule has 1 aromatic carbocycles. The summed E-state index contributed by atoms with van der Waals surface area (Å²) >= 11 is 0. The highest BCUT2D eigenvalue weighted by atomic mass is 16.3. The molecule has 0 saturated carbocycles. The van der Waals surface area contributed by atoms with E-state index >= 15 is 0 Å². The van der Waals surface area contributed by atoms with Gasteiger partial charge in [0.2, 0.25) is 0 Å². The number of hydrogen-bond donors (Lipinski definition) is 1. The Balaban J connectivity index is 2.07. The number of hydrogen-bond acceptors (Lipinski definition) is 4. The maximum atomic E-state index is 10.4. The second-order valence-electron chi connectivity index (χ2n) is 3.41. The molecule has 16 heavy (non-hydrogen) atoms. The van der Waals surface area contributed by atoms with Crippen LogP contribution < -0.4 is 0 Å². The zero-order chi connectivity index (χ0) is 11.4. The van der Waals surface area contributed by atoms with Crippen LogP contribution in [0.5, 0.6) is 0 Å². The first-order valence-corrected chi connectivity index (χ1v) is 4.88. The predicted octanol–water partition coefficient (Wildman–Crippen LogP) is 0.824. The normalized spacial score (nSPS) is 12.3. The second-order valence-corrected chi connectivity index (χ2v) is 3.41. The molecule has 0 aliphatic heterocycles. The van der Waals surface area contributed by atoms with Crippen molar-refractivity contribution in [2.75, 3.05) is 0 Å². The molecule has 0 amide bonds. The molecule has 1 heterocycles. The van der Waals surface area contributed by atoms with Gasteiger partial charge >= 0.3 is 0 Å². The first-order valence-electron chi connectivity index (χ1n) is 4.88. The fraction of sp³-hybridized carbons (Fsp3) is 0.182. The SMILES string of the molecule is O=Cc1cn(CC(O)c2ccccc2)nn1. The third-order valence-electron chi connectivity index (χ3n) is 2.22. The molecule has 2 aromatic rings. The van der Waals surface area contributed by atoms with E-state index in [2.05, 4.69) is 10.3 Å². The van der Waals surface area contributed by atoms with E-state index in [-0.39, 0.29) is 12.2 Å². The number of carbonyl (C=O) groups excluding carboxylic acids is 1. The summed E-state index contributed by atoms with van der Waals surface area (Å²) in [4.78, 5) is 10.4. The fourth-order valence-electron chi connectivity index (χ4n) is 1.41. The number of aliphatic hydroxyl groups excluding tert-OH is 1. The molecule has 0 fully saturated rings. The molecule has 0 aliphatic carbocycles. The van der Waals surface area contributed by atoms with Crippen LogP contribution in [0.3, 0.4) is 0 Å². The zero-order valence-electron chi connectivity index (χ0n) is 8.52. The molecule has 1 atom stereocenters. The van der Waals surface area contributed by atoms with Gasteiger partial charge in [0.25, 0.3) is 0 Å². The Morgan fingerprint density at radius 1 is 1.38 bits per heavy atom. The predicted molar refractivity (Wildman–Crippen MR) is 56.8 cm³/mol. The molecule has 0 aliphatic rings. The van der Waals surface area contributed by atoms with E-state index in [0.717, 1.165) is 5.56 Å². The maximum absolute atomic E-state index is 10.4. The number of benzene rings is 1. The van der Waals surface area contributed by atoms with Crippen molar-refractivity contribution in [1.82, 2.24) is 15.0 Å². The van der Waals surface area contributed by atoms with Crippen LogP contribution in [-0.4, -0.2) is 26.4 Å². The van der Waals surface area contributed by atoms with E-state index in [9.17, 15) is 9.90 Å². The van der Waals surface area contributed by atoms with Crippen molar-refractivity contribution in [2.45, 2.75) is 12.6 Å². The highest BCUT2D eigenvalue weighted by Crippen LogP contribution is 2.13. The third kappa shape index (κ3) is 2.32. The van der Waals surface area contributed by atoms with Crippen LogP contribution >= 0.6 is 0 Å². The Hall–Kier alpha value is -2.01. The Morgan fingerprint density at radius 3 is 2.75 bits per heavy atom. The van der Waals surface area contributed by atoms with Crippen LogP contribution in [0.15, 0.2) is 36.5 Å². The van der Waals surface area contributed by atoms with Crippen molar-refractivity contribution in [3.05, 3.63) is 47.8 Å². The van der Waals surface area contributed by atoms with Crippen LogP contribution in [0.1, 0.15) is 22.2 Å². The molecule has 5 nitrogen and oxygen atoms in total. The van der Waals surface area contributed by atoms with Crippen LogP contribution in [0.25, 0.3) is 0 Å². The second kappa shape index (κ2) is 4.67. The number of carbonyl (C=O) groups is 1. The summed E-state index contributed by atoms with van der Waals surface area (Å²) in [6.07, 6.45) is 1.47. The van der Waals surface area contributed by atoms with Crippen LogP contribution in [0, 0.1) is 0 Å². The largest absolute Gasteiger partial charge is 0.386 e. The van der Waals surface area contributed by atoms with E-state index in [0.29, 0.717) is 6.29 Å². The molecule has 0 spiro atoms. The maximum Gasteiger partial charge on any atom is 0.171 e. The lowest BCUT2D eigenvalue weighted by Crippen LogP contribution is -2.09. The molecule has 0 saturated heterocycles. The van der Waals surface area contributed by atoms with E-state index in [1.807, 2.05) is 30.3 Å². The minimum absolute atomic E-state index is 0.264. The van der Waals surface area contributed by atoms with Gasteiger partial charge in [0, 0.05) is 0 Å². The number of aldehydes is 1. The Kier molecular flexibility index (Phi) is 3.07. The Morgan fingerprint density at radius 2 is 2.12 bits per heavy atom.